The van der Waals surface area contributed by atoms with Gasteiger partial charge in [-0.25, -0.2) is 0 Å². The molecule has 1 aliphatic rings. The molecule has 3 aromatic rings. The molecular formula is C24H29N5O3S. The van der Waals surface area contributed by atoms with E-state index in [1.54, 1.807) is 29.3 Å². The number of amides is 3. The Morgan fingerprint density at radius 3 is 2.73 bits per heavy atom. The molecule has 2 atom stereocenters. The van der Waals surface area contributed by atoms with E-state index in [1.807, 2.05) is 26.8 Å². The van der Waals surface area contributed by atoms with Gasteiger partial charge in [-0.15, -0.1) is 11.3 Å². The normalized spacial score (nSPS) is 15.1. The van der Waals surface area contributed by atoms with Crippen molar-refractivity contribution in [2.75, 3.05) is 6.54 Å². The number of fused-ring (bicyclic) bond motifs is 2. The third-order valence-corrected chi connectivity index (χ3v) is 7.34. The first-order valence-electron chi connectivity index (χ1n) is 11.3. The lowest BCUT2D eigenvalue weighted by Crippen LogP contribution is -2.49. The molecule has 1 unspecified atom stereocenters. The first-order valence-corrected chi connectivity index (χ1v) is 12.2. The van der Waals surface area contributed by atoms with E-state index in [1.165, 1.54) is 11.3 Å². The van der Waals surface area contributed by atoms with Gasteiger partial charge in [0.15, 0.2) is 0 Å². The van der Waals surface area contributed by atoms with Crippen LogP contribution in [0.4, 0.5) is 0 Å². The summed E-state index contributed by atoms with van der Waals surface area (Å²) < 4.78 is 0. The van der Waals surface area contributed by atoms with Crippen LogP contribution in [0.5, 0.6) is 0 Å². The molecule has 0 aliphatic carbocycles. The van der Waals surface area contributed by atoms with E-state index < -0.39 is 6.04 Å². The SMILES string of the molecule is CCC(C)NC(=O)c1cc2c(s1)CCN(C(=O)[C@@H](CC)NC(=O)c1ccc3[nH]ncc3c1)C2. The third-order valence-electron chi connectivity index (χ3n) is 6.11. The number of carbonyl (C=O) groups is 3. The second kappa shape index (κ2) is 9.74. The lowest BCUT2D eigenvalue weighted by atomic mass is 10.1. The molecule has 33 heavy (non-hydrogen) atoms. The number of H-pyrrole nitrogens is 1. The molecule has 9 heteroatoms. The Morgan fingerprint density at radius 2 is 1.97 bits per heavy atom. The molecule has 0 fully saturated rings. The van der Waals surface area contributed by atoms with Crippen molar-refractivity contribution in [3.05, 3.63) is 51.3 Å². The van der Waals surface area contributed by atoms with Crippen LogP contribution >= 0.6 is 11.3 Å². The Morgan fingerprint density at radius 1 is 1.15 bits per heavy atom. The van der Waals surface area contributed by atoms with E-state index in [9.17, 15) is 14.4 Å². The molecule has 1 aromatic carbocycles. The highest BCUT2D eigenvalue weighted by Gasteiger charge is 2.29. The van der Waals surface area contributed by atoms with Gasteiger partial charge in [0, 0.05) is 35.0 Å². The van der Waals surface area contributed by atoms with Crippen molar-refractivity contribution in [1.29, 1.82) is 0 Å². The van der Waals surface area contributed by atoms with E-state index in [2.05, 4.69) is 20.8 Å². The number of nitrogens with zero attached hydrogens (tertiary/aromatic N) is 2. The second-order valence-electron chi connectivity index (χ2n) is 8.46. The van der Waals surface area contributed by atoms with Gasteiger partial charge in [0.2, 0.25) is 5.91 Å². The van der Waals surface area contributed by atoms with Crippen molar-refractivity contribution >= 4 is 40.0 Å². The van der Waals surface area contributed by atoms with Crippen LogP contribution in [0.25, 0.3) is 10.9 Å². The van der Waals surface area contributed by atoms with E-state index in [-0.39, 0.29) is 23.8 Å². The van der Waals surface area contributed by atoms with Gasteiger partial charge < -0.3 is 15.5 Å². The van der Waals surface area contributed by atoms with E-state index in [4.69, 9.17) is 0 Å². The molecule has 4 rings (SSSR count). The van der Waals surface area contributed by atoms with Gasteiger partial charge >= 0.3 is 0 Å². The van der Waals surface area contributed by atoms with Crippen molar-refractivity contribution in [3.63, 3.8) is 0 Å². The summed E-state index contributed by atoms with van der Waals surface area (Å²) in [7, 11) is 0. The Hall–Kier alpha value is -3.20. The number of carbonyl (C=O) groups excluding carboxylic acids is 3. The van der Waals surface area contributed by atoms with Crippen molar-refractivity contribution < 1.29 is 14.4 Å². The summed E-state index contributed by atoms with van der Waals surface area (Å²) in [4.78, 5) is 42.1. The third kappa shape index (κ3) is 4.93. The standard InChI is InChI=1S/C24H29N5O3S/c1-4-14(3)26-23(31)21-11-17-13-29(9-8-20(17)33-21)24(32)18(5-2)27-22(30)15-6-7-19-16(10-15)12-25-28-19/h6-7,10-12,14,18H,4-5,8-9,13H2,1-3H3,(H,25,28)(H,26,31)(H,27,30)/t14?,18-/m1/s1. The predicted octanol–water partition coefficient (Wildman–Crippen LogP) is 3.25. The van der Waals surface area contributed by atoms with Crippen LogP contribution in [0.3, 0.4) is 0 Å². The molecule has 3 N–H and O–H groups in total. The molecule has 2 aromatic heterocycles. The predicted molar refractivity (Wildman–Crippen MR) is 128 cm³/mol. The summed E-state index contributed by atoms with van der Waals surface area (Å²) in [5.41, 5.74) is 2.36. The van der Waals surface area contributed by atoms with Crippen molar-refractivity contribution in [2.24, 2.45) is 0 Å². The van der Waals surface area contributed by atoms with Crippen LogP contribution in [-0.4, -0.2) is 51.4 Å². The summed E-state index contributed by atoms with van der Waals surface area (Å²) in [5, 5.41) is 13.6. The number of aromatic nitrogens is 2. The average molecular weight is 468 g/mol. The topological polar surface area (TPSA) is 107 Å². The molecule has 0 spiro atoms. The highest BCUT2D eigenvalue weighted by Crippen LogP contribution is 2.29. The quantitative estimate of drug-likeness (QED) is 0.496. The molecule has 174 valence electrons. The monoisotopic (exact) mass is 467 g/mol. The fraction of sp³-hybridized carbons (Fsp3) is 0.417. The van der Waals surface area contributed by atoms with Crippen LogP contribution in [0.1, 0.15) is 64.1 Å². The maximum atomic E-state index is 13.2. The van der Waals surface area contributed by atoms with Gasteiger partial charge in [-0.3, -0.25) is 19.5 Å². The zero-order valence-corrected chi connectivity index (χ0v) is 19.9. The van der Waals surface area contributed by atoms with Gasteiger partial charge in [-0.2, -0.15) is 5.10 Å². The van der Waals surface area contributed by atoms with Crippen LogP contribution in [-0.2, 0) is 17.8 Å². The van der Waals surface area contributed by atoms with Gasteiger partial charge in [-0.05, 0) is 56.0 Å². The number of rotatable bonds is 7. The Bertz CT molecular complexity index is 1180. The van der Waals surface area contributed by atoms with Crippen LogP contribution < -0.4 is 10.6 Å². The van der Waals surface area contributed by atoms with Crippen LogP contribution in [0, 0.1) is 0 Å². The van der Waals surface area contributed by atoms with E-state index >= 15 is 0 Å². The highest BCUT2D eigenvalue weighted by molar-refractivity contribution is 7.14. The number of benzene rings is 1. The molecule has 1 aliphatic heterocycles. The maximum absolute atomic E-state index is 13.2. The van der Waals surface area contributed by atoms with Gasteiger partial charge in [-0.1, -0.05) is 13.8 Å². The molecule has 0 bridgehead atoms. The summed E-state index contributed by atoms with van der Waals surface area (Å²) in [6.45, 7) is 6.94. The fourth-order valence-corrected chi connectivity index (χ4v) is 4.98. The number of thiophene rings is 1. The lowest BCUT2D eigenvalue weighted by Gasteiger charge is -2.30. The van der Waals surface area contributed by atoms with Gasteiger partial charge in [0.25, 0.3) is 11.8 Å². The largest absolute Gasteiger partial charge is 0.349 e. The minimum Gasteiger partial charge on any atom is -0.349 e. The summed E-state index contributed by atoms with van der Waals surface area (Å²) in [6, 6.07) is 6.70. The number of nitrogens with one attached hydrogen (secondary N) is 3. The fourth-order valence-electron chi connectivity index (χ4n) is 3.91. The molecule has 0 radical (unpaired) electrons. The summed E-state index contributed by atoms with van der Waals surface area (Å²) in [6.07, 6.45) is 3.75. The van der Waals surface area contributed by atoms with E-state index in [0.29, 0.717) is 36.4 Å². The minimum absolute atomic E-state index is 0.0603. The Balaban J connectivity index is 1.42. The number of hydrogen-bond acceptors (Lipinski definition) is 5. The summed E-state index contributed by atoms with van der Waals surface area (Å²) in [5.74, 6) is -0.442. The molecular weight excluding hydrogens is 438 g/mol. The first kappa shape index (κ1) is 23.0. The van der Waals surface area contributed by atoms with Crippen LogP contribution in [0.2, 0.25) is 0 Å². The smallest absolute Gasteiger partial charge is 0.261 e. The second-order valence-corrected chi connectivity index (χ2v) is 9.59. The zero-order chi connectivity index (χ0) is 23.5. The maximum Gasteiger partial charge on any atom is 0.261 e. The molecule has 3 heterocycles. The minimum atomic E-state index is -0.606. The van der Waals surface area contributed by atoms with E-state index in [0.717, 1.165) is 27.8 Å². The highest BCUT2D eigenvalue weighted by atomic mass is 32.1. The molecule has 3 amide bonds. The average Bonchev–Trinajstić information content (AvgIpc) is 3.47. The van der Waals surface area contributed by atoms with Crippen molar-refractivity contribution in [3.8, 4) is 0 Å². The molecule has 0 saturated carbocycles. The molecule has 0 saturated heterocycles. The van der Waals surface area contributed by atoms with Gasteiger partial charge in [0.05, 0.1) is 16.6 Å². The van der Waals surface area contributed by atoms with Crippen molar-refractivity contribution in [2.45, 2.75) is 58.7 Å². The summed E-state index contributed by atoms with van der Waals surface area (Å²) >= 11 is 1.51. The lowest BCUT2D eigenvalue weighted by molar-refractivity contribution is -0.134. The number of hydrogen-bond donors (Lipinski definition) is 3. The molecule has 8 nitrogen and oxygen atoms in total. The zero-order valence-electron chi connectivity index (χ0n) is 19.1. The Labute approximate surface area is 196 Å². The number of aromatic amines is 1. The van der Waals surface area contributed by atoms with Gasteiger partial charge in [0.1, 0.15) is 6.04 Å². The first-order chi connectivity index (χ1) is 15.9. The van der Waals surface area contributed by atoms with Crippen molar-refractivity contribution in [1.82, 2.24) is 25.7 Å². The van der Waals surface area contributed by atoms with Crippen LogP contribution in [0.15, 0.2) is 30.5 Å². The Kier molecular flexibility index (Phi) is 6.78.